The lowest BCUT2D eigenvalue weighted by molar-refractivity contribution is -0.690. The Morgan fingerprint density at radius 1 is 1.14 bits per heavy atom. The molecule has 1 heterocycles. The highest BCUT2D eigenvalue weighted by molar-refractivity contribution is 6.00. The van der Waals surface area contributed by atoms with E-state index in [1.807, 2.05) is 36.7 Å². The van der Waals surface area contributed by atoms with Crippen LogP contribution < -0.4 is 9.88 Å². The number of benzene rings is 1. The van der Waals surface area contributed by atoms with Crippen LogP contribution in [0.4, 0.5) is 5.69 Å². The van der Waals surface area contributed by atoms with Crippen molar-refractivity contribution in [2.45, 2.75) is 20.4 Å². The van der Waals surface area contributed by atoms with E-state index >= 15 is 0 Å². The summed E-state index contributed by atoms with van der Waals surface area (Å²) >= 11 is 0. The van der Waals surface area contributed by atoms with E-state index < -0.39 is 5.97 Å². The Morgan fingerprint density at radius 2 is 1.86 bits per heavy atom. The molecular formula is C17H19N2O3+. The fourth-order valence-electron chi connectivity index (χ4n) is 2.15. The number of esters is 1. The summed E-state index contributed by atoms with van der Waals surface area (Å²) in [7, 11) is 1.31. The van der Waals surface area contributed by atoms with Gasteiger partial charge in [0.25, 0.3) is 5.91 Å². The highest BCUT2D eigenvalue weighted by atomic mass is 16.5. The number of carbonyl (C=O) groups is 2. The first-order valence-electron chi connectivity index (χ1n) is 6.95. The van der Waals surface area contributed by atoms with Gasteiger partial charge in [-0.15, -0.1) is 0 Å². The van der Waals surface area contributed by atoms with Gasteiger partial charge in [0.05, 0.1) is 18.4 Å². The van der Waals surface area contributed by atoms with Crippen molar-refractivity contribution in [3.8, 4) is 0 Å². The number of para-hydroxylation sites is 1. The highest BCUT2D eigenvalue weighted by Gasteiger charge is 2.17. The number of nitrogens with one attached hydrogen (secondary N) is 1. The van der Waals surface area contributed by atoms with Gasteiger partial charge in [-0.1, -0.05) is 12.1 Å². The number of methoxy groups -OCH3 is 1. The summed E-state index contributed by atoms with van der Waals surface area (Å²) in [6, 6.07) is 10.7. The monoisotopic (exact) mass is 299 g/mol. The number of pyridine rings is 1. The first kappa shape index (κ1) is 15.7. The topological polar surface area (TPSA) is 59.3 Å². The first-order chi connectivity index (χ1) is 10.5. The third-order valence-electron chi connectivity index (χ3n) is 3.53. The zero-order valence-electron chi connectivity index (χ0n) is 12.9. The number of carbonyl (C=O) groups excluding carboxylic acids is 2. The number of nitrogens with zero attached hydrogens (tertiary/aromatic N) is 1. The molecule has 1 aromatic carbocycles. The predicted octanol–water partition coefficient (Wildman–Crippen LogP) is 2.02. The van der Waals surface area contributed by atoms with E-state index in [1.54, 1.807) is 24.3 Å². The summed E-state index contributed by atoms with van der Waals surface area (Å²) in [6.07, 6.45) is 1.86. The summed E-state index contributed by atoms with van der Waals surface area (Å²) in [5.74, 6) is -0.676. The molecular weight excluding hydrogens is 280 g/mol. The van der Waals surface area contributed by atoms with Gasteiger partial charge >= 0.3 is 5.97 Å². The minimum Gasteiger partial charge on any atom is -0.465 e. The number of amides is 1. The van der Waals surface area contributed by atoms with Crippen LogP contribution in [0.25, 0.3) is 0 Å². The number of hydrogen-bond acceptors (Lipinski definition) is 3. The normalized spacial score (nSPS) is 10.1. The molecule has 0 radical (unpaired) electrons. The van der Waals surface area contributed by atoms with Gasteiger partial charge in [0.15, 0.2) is 11.9 Å². The van der Waals surface area contributed by atoms with Crippen LogP contribution in [0.3, 0.4) is 0 Å². The molecule has 0 atom stereocenters. The second-order valence-electron chi connectivity index (χ2n) is 4.99. The molecule has 0 fully saturated rings. The van der Waals surface area contributed by atoms with Crippen molar-refractivity contribution >= 4 is 17.6 Å². The largest absolute Gasteiger partial charge is 0.465 e. The minimum absolute atomic E-state index is 0.184. The van der Waals surface area contributed by atoms with Crippen molar-refractivity contribution in [3.63, 3.8) is 0 Å². The summed E-state index contributed by atoms with van der Waals surface area (Å²) < 4.78 is 6.58. The Bertz CT molecular complexity index is 711. The molecule has 0 aliphatic heterocycles. The van der Waals surface area contributed by atoms with E-state index in [2.05, 4.69) is 5.32 Å². The van der Waals surface area contributed by atoms with Gasteiger partial charge in [-0.25, -0.2) is 4.79 Å². The minimum atomic E-state index is -0.477. The van der Waals surface area contributed by atoms with Crippen LogP contribution in [-0.4, -0.2) is 19.0 Å². The summed E-state index contributed by atoms with van der Waals surface area (Å²) in [6.45, 7) is 4.14. The number of aromatic nitrogens is 1. The molecule has 1 amide bonds. The molecule has 0 bridgehead atoms. The Balaban J connectivity index is 2.16. The number of rotatable bonds is 4. The van der Waals surface area contributed by atoms with E-state index in [1.165, 1.54) is 7.11 Å². The van der Waals surface area contributed by atoms with Gasteiger partial charge in [0.2, 0.25) is 6.54 Å². The van der Waals surface area contributed by atoms with Crippen LogP contribution in [-0.2, 0) is 16.1 Å². The molecule has 1 aromatic heterocycles. The second kappa shape index (κ2) is 6.85. The third kappa shape index (κ3) is 3.49. The van der Waals surface area contributed by atoms with Gasteiger partial charge in [0.1, 0.15) is 0 Å². The predicted molar refractivity (Wildman–Crippen MR) is 82.5 cm³/mol. The van der Waals surface area contributed by atoms with E-state index in [0.717, 1.165) is 11.3 Å². The molecule has 0 saturated heterocycles. The molecule has 0 spiro atoms. The van der Waals surface area contributed by atoms with Crippen LogP contribution in [0.15, 0.2) is 42.6 Å². The molecule has 114 valence electrons. The van der Waals surface area contributed by atoms with Crippen molar-refractivity contribution < 1.29 is 18.9 Å². The Hall–Kier alpha value is -2.69. The quantitative estimate of drug-likeness (QED) is 0.694. The van der Waals surface area contributed by atoms with Gasteiger partial charge in [0, 0.05) is 18.6 Å². The number of ether oxygens (including phenoxy) is 1. The first-order valence-corrected chi connectivity index (χ1v) is 6.95. The molecule has 5 heteroatoms. The maximum Gasteiger partial charge on any atom is 0.339 e. The van der Waals surface area contributed by atoms with Gasteiger partial charge in [-0.05, 0) is 25.1 Å². The molecule has 1 N–H and O–H groups in total. The third-order valence-corrected chi connectivity index (χ3v) is 3.53. The number of hydrogen-bond donors (Lipinski definition) is 1. The van der Waals surface area contributed by atoms with Gasteiger partial charge in [-0.3, -0.25) is 4.79 Å². The van der Waals surface area contributed by atoms with Crippen LogP contribution in [0.1, 0.15) is 21.6 Å². The van der Waals surface area contributed by atoms with E-state index in [-0.39, 0.29) is 12.5 Å². The van der Waals surface area contributed by atoms with Crippen molar-refractivity contribution in [2.75, 3.05) is 12.4 Å². The average molecular weight is 299 g/mol. The van der Waals surface area contributed by atoms with E-state index in [0.29, 0.717) is 11.3 Å². The molecule has 22 heavy (non-hydrogen) atoms. The summed E-state index contributed by atoms with van der Waals surface area (Å²) in [5, 5.41) is 2.76. The van der Waals surface area contributed by atoms with Crippen molar-refractivity contribution in [3.05, 3.63) is 59.4 Å². The van der Waals surface area contributed by atoms with Crippen molar-refractivity contribution in [1.82, 2.24) is 0 Å². The molecule has 0 saturated carbocycles. The molecule has 5 nitrogen and oxygen atoms in total. The van der Waals surface area contributed by atoms with Crippen LogP contribution >= 0.6 is 0 Å². The van der Waals surface area contributed by atoms with Crippen LogP contribution in [0.2, 0.25) is 0 Å². The fourth-order valence-corrected chi connectivity index (χ4v) is 2.15. The number of aryl methyl sites for hydroxylation is 1. The molecule has 0 unspecified atom stereocenters. The molecule has 2 rings (SSSR count). The molecule has 0 aliphatic rings. The number of anilines is 1. The van der Waals surface area contributed by atoms with Crippen LogP contribution in [0, 0.1) is 13.8 Å². The van der Waals surface area contributed by atoms with Crippen molar-refractivity contribution in [2.24, 2.45) is 0 Å². The standard InChI is InChI=1S/C17H18N2O3/c1-12-7-6-10-19(13(12)2)11-16(20)18-15-9-5-4-8-14(15)17(21)22-3/h4-10H,11H2,1-3H3/p+1. The zero-order chi connectivity index (χ0) is 16.1. The lowest BCUT2D eigenvalue weighted by Gasteiger charge is -2.09. The Labute approximate surface area is 129 Å². The smallest absolute Gasteiger partial charge is 0.339 e. The highest BCUT2D eigenvalue weighted by Crippen LogP contribution is 2.15. The second-order valence-corrected chi connectivity index (χ2v) is 4.99. The molecule has 2 aromatic rings. The maximum atomic E-state index is 12.2. The van der Waals surface area contributed by atoms with Gasteiger partial charge < -0.3 is 10.1 Å². The zero-order valence-corrected chi connectivity index (χ0v) is 12.9. The van der Waals surface area contributed by atoms with Gasteiger partial charge in [-0.2, -0.15) is 4.57 Å². The van der Waals surface area contributed by atoms with E-state index in [9.17, 15) is 9.59 Å². The average Bonchev–Trinajstić information content (AvgIpc) is 2.51. The SMILES string of the molecule is COC(=O)c1ccccc1NC(=O)C[n+]1cccc(C)c1C. The lowest BCUT2D eigenvalue weighted by Crippen LogP contribution is -2.43. The Morgan fingerprint density at radius 3 is 2.59 bits per heavy atom. The Kier molecular flexibility index (Phi) is 4.88. The lowest BCUT2D eigenvalue weighted by atomic mass is 10.2. The van der Waals surface area contributed by atoms with Crippen molar-refractivity contribution in [1.29, 1.82) is 0 Å². The van der Waals surface area contributed by atoms with E-state index in [4.69, 9.17) is 4.74 Å². The maximum absolute atomic E-state index is 12.2. The summed E-state index contributed by atoms with van der Waals surface area (Å²) in [5.41, 5.74) is 2.93. The summed E-state index contributed by atoms with van der Waals surface area (Å²) in [4.78, 5) is 23.9. The van der Waals surface area contributed by atoms with Crippen LogP contribution in [0.5, 0.6) is 0 Å². The molecule has 0 aliphatic carbocycles. The fraction of sp³-hybridized carbons (Fsp3) is 0.235.